The van der Waals surface area contributed by atoms with Crippen LogP contribution in [0.1, 0.15) is 24.1 Å². The SMILES string of the molecule is CC1=Nc2ncnn2C(c2ccc(Cl)cc2)C1C(=O)Nc1ccccc1C. The molecule has 0 radical (unpaired) electrons. The summed E-state index contributed by atoms with van der Waals surface area (Å²) in [7, 11) is 0. The summed E-state index contributed by atoms with van der Waals surface area (Å²) in [4.78, 5) is 21.9. The van der Waals surface area contributed by atoms with Gasteiger partial charge in [-0.2, -0.15) is 10.1 Å². The highest BCUT2D eigenvalue weighted by molar-refractivity contribution is 6.30. The van der Waals surface area contributed by atoms with Crippen molar-refractivity contribution in [2.45, 2.75) is 19.9 Å². The van der Waals surface area contributed by atoms with Gasteiger partial charge in [0, 0.05) is 16.4 Å². The average molecular weight is 380 g/mol. The van der Waals surface area contributed by atoms with Gasteiger partial charge < -0.3 is 5.32 Å². The zero-order valence-corrected chi connectivity index (χ0v) is 15.7. The van der Waals surface area contributed by atoms with Crippen LogP contribution in [-0.4, -0.2) is 26.4 Å². The summed E-state index contributed by atoms with van der Waals surface area (Å²) < 4.78 is 1.69. The summed E-state index contributed by atoms with van der Waals surface area (Å²) in [6.45, 7) is 3.81. The number of fused-ring (bicyclic) bond motifs is 1. The third-order valence-corrected chi connectivity index (χ3v) is 5.01. The molecule has 136 valence electrons. The first-order valence-corrected chi connectivity index (χ1v) is 8.99. The smallest absolute Gasteiger partial charge is 0.248 e. The highest BCUT2D eigenvalue weighted by Gasteiger charge is 2.38. The summed E-state index contributed by atoms with van der Waals surface area (Å²) >= 11 is 6.04. The molecule has 0 bridgehead atoms. The quantitative estimate of drug-likeness (QED) is 0.741. The van der Waals surface area contributed by atoms with E-state index in [-0.39, 0.29) is 11.9 Å². The Morgan fingerprint density at radius 2 is 1.85 bits per heavy atom. The molecule has 2 heterocycles. The highest BCUT2D eigenvalue weighted by atomic mass is 35.5. The first-order chi connectivity index (χ1) is 13.0. The van der Waals surface area contributed by atoms with Crippen LogP contribution in [0.15, 0.2) is 59.9 Å². The van der Waals surface area contributed by atoms with Gasteiger partial charge in [0.05, 0.1) is 6.04 Å². The molecule has 0 saturated heterocycles. The van der Waals surface area contributed by atoms with E-state index in [0.29, 0.717) is 16.7 Å². The van der Waals surface area contributed by atoms with Crippen LogP contribution in [0, 0.1) is 12.8 Å². The van der Waals surface area contributed by atoms with Crippen LogP contribution in [0.2, 0.25) is 5.02 Å². The van der Waals surface area contributed by atoms with Gasteiger partial charge in [0.25, 0.3) is 0 Å². The van der Waals surface area contributed by atoms with Crippen LogP contribution in [0.3, 0.4) is 0 Å². The Bertz CT molecular complexity index is 1020. The Morgan fingerprint density at radius 3 is 2.59 bits per heavy atom. The summed E-state index contributed by atoms with van der Waals surface area (Å²) in [5, 5.41) is 7.99. The number of carbonyl (C=O) groups is 1. The third-order valence-electron chi connectivity index (χ3n) is 4.76. The predicted molar refractivity (Wildman–Crippen MR) is 106 cm³/mol. The van der Waals surface area contributed by atoms with Crippen LogP contribution in [-0.2, 0) is 4.79 Å². The van der Waals surface area contributed by atoms with Gasteiger partial charge in [-0.1, -0.05) is 41.9 Å². The van der Waals surface area contributed by atoms with Crippen LogP contribution in [0.4, 0.5) is 11.6 Å². The number of halogens is 1. The molecule has 1 N–H and O–H groups in total. The second-order valence-corrected chi connectivity index (χ2v) is 6.97. The first kappa shape index (κ1) is 17.4. The van der Waals surface area contributed by atoms with Crippen molar-refractivity contribution in [3.63, 3.8) is 0 Å². The molecule has 2 aromatic carbocycles. The Morgan fingerprint density at radius 1 is 1.11 bits per heavy atom. The maximum atomic E-state index is 13.2. The molecule has 27 heavy (non-hydrogen) atoms. The number of hydrogen-bond acceptors (Lipinski definition) is 4. The fourth-order valence-corrected chi connectivity index (χ4v) is 3.49. The molecule has 1 aliphatic rings. The number of para-hydroxylation sites is 1. The number of hydrogen-bond donors (Lipinski definition) is 1. The van der Waals surface area contributed by atoms with Gasteiger partial charge in [0.15, 0.2) is 0 Å². The lowest BCUT2D eigenvalue weighted by molar-refractivity contribution is -0.118. The number of carbonyl (C=O) groups excluding carboxylic acids is 1. The van der Waals surface area contributed by atoms with E-state index in [4.69, 9.17) is 11.6 Å². The van der Waals surface area contributed by atoms with E-state index in [1.807, 2.05) is 62.4 Å². The fourth-order valence-electron chi connectivity index (χ4n) is 3.37. The number of rotatable bonds is 3. The van der Waals surface area contributed by atoms with Crippen molar-refractivity contribution >= 4 is 34.9 Å². The van der Waals surface area contributed by atoms with E-state index in [1.165, 1.54) is 6.33 Å². The van der Waals surface area contributed by atoms with Crippen molar-refractivity contribution < 1.29 is 4.79 Å². The lowest BCUT2D eigenvalue weighted by Crippen LogP contribution is -2.39. The minimum absolute atomic E-state index is 0.133. The molecule has 7 heteroatoms. The van der Waals surface area contributed by atoms with E-state index in [9.17, 15) is 4.79 Å². The van der Waals surface area contributed by atoms with E-state index in [1.54, 1.807) is 4.68 Å². The summed E-state index contributed by atoms with van der Waals surface area (Å²) in [6, 6.07) is 14.8. The predicted octanol–water partition coefficient (Wildman–Crippen LogP) is 4.19. The second-order valence-electron chi connectivity index (χ2n) is 6.54. The third kappa shape index (κ3) is 3.24. The number of anilines is 1. The number of aliphatic imine (C=N–C) groups is 1. The highest BCUT2D eigenvalue weighted by Crippen LogP contribution is 2.36. The zero-order valence-electron chi connectivity index (χ0n) is 14.9. The van der Waals surface area contributed by atoms with Gasteiger partial charge in [0.1, 0.15) is 12.2 Å². The molecular weight excluding hydrogens is 362 g/mol. The van der Waals surface area contributed by atoms with Crippen molar-refractivity contribution in [2.24, 2.45) is 10.9 Å². The Hall–Kier alpha value is -2.99. The molecular formula is C20H18ClN5O. The lowest BCUT2D eigenvalue weighted by atomic mass is 9.87. The number of benzene rings is 2. The van der Waals surface area contributed by atoms with E-state index in [0.717, 1.165) is 16.8 Å². The number of nitrogens with one attached hydrogen (secondary N) is 1. The zero-order chi connectivity index (χ0) is 19.0. The van der Waals surface area contributed by atoms with Gasteiger partial charge in [-0.15, -0.1) is 0 Å². The topological polar surface area (TPSA) is 72.2 Å². The van der Waals surface area contributed by atoms with Gasteiger partial charge in [-0.3, -0.25) is 4.79 Å². The van der Waals surface area contributed by atoms with Crippen molar-refractivity contribution in [2.75, 3.05) is 5.32 Å². The molecule has 2 atom stereocenters. The number of aryl methyl sites for hydroxylation is 1. The standard InChI is InChI=1S/C20H18ClN5O/c1-12-5-3-4-6-16(12)25-19(27)17-13(2)24-20-22-11-23-26(20)18(17)14-7-9-15(21)10-8-14/h3-11,17-18H,1-2H3,(H,25,27). The lowest BCUT2D eigenvalue weighted by Gasteiger charge is -2.30. The maximum Gasteiger partial charge on any atom is 0.248 e. The minimum atomic E-state index is -0.514. The molecule has 0 aliphatic carbocycles. The van der Waals surface area contributed by atoms with Gasteiger partial charge in [-0.05, 0) is 43.2 Å². The van der Waals surface area contributed by atoms with Crippen LogP contribution >= 0.6 is 11.6 Å². The molecule has 0 saturated carbocycles. The number of amides is 1. The van der Waals surface area contributed by atoms with Gasteiger partial charge in [-0.25, -0.2) is 9.67 Å². The largest absolute Gasteiger partial charge is 0.325 e. The molecule has 1 aromatic heterocycles. The second kappa shape index (κ2) is 6.96. The van der Waals surface area contributed by atoms with E-state index in [2.05, 4.69) is 20.4 Å². The first-order valence-electron chi connectivity index (χ1n) is 8.61. The van der Waals surface area contributed by atoms with Gasteiger partial charge >= 0.3 is 0 Å². The monoisotopic (exact) mass is 379 g/mol. The van der Waals surface area contributed by atoms with Crippen molar-refractivity contribution in [1.82, 2.24) is 14.8 Å². The van der Waals surface area contributed by atoms with Crippen LogP contribution in [0.25, 0.3) is 0 Å². The maximum absolute atomic E-state index is 13.2. The molecule has 1 amide bonds. The summed E-state index contributed by atoms with van der Waals surface area (Å²) in [5.41, 5.74) is 3.40. The molecule has 0 spiro atoms. The Kier molecular flexibility index (Phi) is 4.49. The van der Waals surface area contributed by atoms with Crippen molar-refractivity contribution in [1.29, 1.82) is 0 Å². The number of aromatic nitrogens is 3. The molecule has 1 aliphatic heterocycles. The van der Waals surface area contributed by atoms with E-state index >= 15 is 0 Å². The number of nitrogens with zero attached hydrogens (tertiary/aromatic N) is 4. The molecule has 3 aromatic rings. The Balaban J connectivity index is 1.75. The van der Waals surface area contributed by atoms with Crippen LogP contribution in [0.5, 0.6) is 0 Å². The molecule has 4 rings (SSSR count). The van der Waals surface area contributed by atoms with Crippen molar-refractivity contribution in [3.8, 4) is 0 Å². The van der Waals surface area contributed by atoms with Crippen LogP contribution < -0.4 is 5.32 Å². The minimum Gasteiger partial charge on any atom is -0.325 e. The van der Waals surface area contributed by atoms with E-state index < -0.39 is 5.92 Å². The average Bonchev–Trinajstić information content (AvgIpc) is 3.11. The summed E-state index contributed by atoms with van der Waals surface area (Å²) in [6.07, 6.45) is 1.46. The molecule has 6 nitrogen and oxygen atoms in total. The van der Waals surface area contributed by atoms with Crippen molar-refractivity contribution in [3.05, 3.63) is 71.0 Å². The van der Waals surface area contributed by atoms with Gasteiger partial charge in [0.2, 0.25) is 11.9 Å². The normalized spacial score (nSPS) is 18.6. The molecule has 2 unspecified atom stereocenters. The fraction of sp³-hybridized carbons (Fsp3) is 0.200. The Labute approximate surface area is 161 Å². The molecule has 0 fully saturated rings. The summed E-state index contributed by atoms with van der Waals surface area (Å²) in [5.74, 6) is -0.154.